The highest BCUT2D eigenvalue weighted by molar-refractivity contribution is 6.31. The van der Waals surface area contributed by atoms with Crippen LogP contribution in [0.3, 0.4) is 0 Å². The Balaban J connectivity index is 1.66. The summed E-state index contributed by atoms with van der Waals surface area (Å²) in [7, 11) is 1.86. The number of carbonyl (C=O) groups excluding carboxylic acids is 1. The van der Waals surface area contributed by atoms with Crippen LogP contribution in [0, 0.1) is 5.82 Å². The molecule has 2 fully saturated rings. The summed E-state index contributed by atoms with van der Waals surface area (Å²) in [4.78, 5) is 16.6. The van der Waals surface area contributed by atoms with Crippen molar-refractivity contribution in [3.05, 3.63) is 34.6 Å². The van der Waals surface area contributed by atoms with Gasteiger partial charge in [0.1, 0.15) is 5.82 Å². The molecule has 0 bridgehead atoms. The second kappa shape index (κ2) is 7.16. The fraction of sp³-hybridized carbons (Fsp3) is 0.588. The van der Waals surface area contributed by atoms with E-state index >= 15 is 0 Å². The van der Waals surface area contributed by atoms with Gasteiger partial charge in [-0.1, -0.05) is 17.7 Å². The smallest absolute Gasteiger partial charge is 0.240 e. The highest BCUT2D eigenvalue weighted by Gasteiger charge is 2.38. The van der Waals surface area contributed by atoms with Crippen molar-refractivity contribution < 1.29 is 13.9 Å². The van der Waals surface area contributed by atoms with Crippen LogP contribution >= 0.6 is 11.6 Å². The summed E-state index contributed by atoms with van der Waals surface area (Å²) in [6, 6.07) is 4.76. The normalized spacial score (nSPS) is 23.0. The van der Waals surface area contributed by atoms with Crippen LogP contribution in [-0.4, -0.2) is 54.6 Å². The van der Waals surface area contributed by atoms with E-state index in [1.54, 1.807) is 12.1 Å². The number of hydrogen-bond donors (Lipinski definition) is 0. The quantitative estimate of drug-likeness (QED) is 0.845. The second-order valence-corrected chi connectivity index (χ2v) is 6.70. The molecule has 23 heavy (non-hydrogen) atoms. The largest absolute Gasteiger partial charge is 0.381 e. The molecule has 126 valence electrons. The van der Waals surface area contributed by atoms with Gasteiger partial charge in [-0.25, -0.2) is 4.39 Å². The minimum atomic E-state index is -0.323. The molecule has 6 heteroatoms. The molecule has 1 atom stereocenters. The molecule has 0 spiro atoms. The summed E-state index contributed by atoms with van der Waals surface area (Å²) >= 11 is 6.09. The molecular weight excluding hydrogens is 319 g/mol. The molecule has 1 aromatic rings. The molecule has 1 aromatic carbocycles. The minimum Gasteiger partial charge on any atom is -0.381 e. The number of rotatable bonds is 4. The van der Waals surface area contributed by atoms with E-state index < -0.39 is 0 Å². The Hall–Kier alpha value is -1.17. The number of likely N-dealkylation sites (tertiary alicyclic amines) is 1. The number of carbonyl (C=O) groups is 1. The van der Waals surface area contributed by atoms with Crippen molar-refractivity contribution in [2.75, 3.05) is 26.8 Å². The molecule has 0 saturated carbocycles. The van der Waals surface area contributed by atoms with Crippen LogP contribution in [0.2, 0.25) is 5.02 Å². The molecule has 0 N–H and O–H groups in total. The first-order chi connectivity index (χ1) is 11.1. The van der Waals surface area contributed by atoms with Gasteiger partial charge >= 0.3 is 0 Å². The molecule has 2 saturated heterocycles. The van der Waals surface area contributed by atoms with Crippen molar-refractivity contribution in [3.63, 3.8) is 0 Å². The Morgan fingerprint density at radius 1 is 1.35 bits per heavy atom. The third kappa shape index (κ3) is 3.52. The third-order valence-electron chi connectivity index (χ3n) is 4.84. The van der Waals surface area contributed by atoms with E-state index in [0.29, 0.717) is 17.1 Å². The summed E-state index contributed by atoms with van der Waals surface area (Å²) in [6.07, 6.45) is 2.58. The highest BCUT2D eigenvalue weighted by Crippen LogP contribution is 2.26. The van der Waals surface area contributed by atoms with E-state index in [2.05, 4.69) is 0 Å². The number of ether oxygens (including phenoxy) is 1. The van der Waals surface area contributed by atoms with Crippen LogP contribution in [0.25, 0.3) is 0 Å². The monoisotopic (exact) mass is 340 g/mol. The van der Waals surface area contributed by atoms with Gasteiger partial charge in [-0.15, -0.1) is 0 Å². The van der Waals surface area contributed by atoms with Crippen LogP contribution in [0.4, 0.5) is 4.39 Å². The van der Waals surface area contributed by atoms with Crippen LogP contribution < -0.4 is 0 Å². The van der Waals surface area contributed by atoms with E-state index in [-0.39, 0.29) is 23.8 Å². The number of hydrogen-bond acceptors (Lipinski definition) is 3. The average molecular weight is 341 g/mol. The van der Waals surface area contributed by atoms with Crippen molar-refractivity contribution in [2.45, 2.75) is 37.9 Å². The topological polar surface area (TPSA) is 32.8 Å². The molecule has 0 aromatic heterocycles. The molecular formula is C17H22ClFN2O2. The zero-order chi connectivity index (χ0) is 16.4. The van der Waals surface area contributed by atoms with E-state index in [0.717, 1.165) is 39.0 Å². The lowest BCUT2D eigenvalue weighted by Gasteiger charge is -2.32. The first-order valence-corrected chi connectivity index (χ1v) is 8.47. The standard InChI is InChI=1S/C17H22ClFN2O2/c1-20(11-13-14(18)3-2-4-15(13)19)16-5-8-21(17(16)22)12-6-9-23-10-7-12/h2-4,12,16H,5-11H2,1H3. The molecule has 0 aliphatic carbocycles. The first-order valence-electron chi connectivity index (χ1n) is 8.09. The van der Waals surface area contributed by atoms with Crippen molar-refractivity contribution in [1.82, 2.24) is 9.80 Å². The third-order valence-corrected chi connectivity index (χ3v) is 5.20. The molecule has 1 amide bonds. The van der Waals surface area contributed by atoms with Gasteiger partial charge in [0, 0.05) is 42.9 Å². The second-order valence-electron chi connectivity index (χ2n) is 6.29. The van der Waals surface area contributed by atoms with Gasteiger partial charge in [0.15, 0.2) is 0 Å². The first kappa shape index (κ1) is 16.7. The Morgan fingerprint density at radius 3 is 2.78 bits per heavy atom. The molecule has 2 heterocycles. The Labute approximate surface area is 141 Å². The molecule has 0 radical (unpaired) electrons. The number of likely N-dealkylation sites (N-methyl/N-ethyl adjacent to an activating group) is 1. The summed E-state index contributed by atoms with van der Waals surface area (Å²) in [6.45, 7) is 2.55. The maximum atomic E-state index is 13.9. The van der Waals surface area contributed by atoms with Crippen molar-refractivity contribution in [2.24, 2.45) is 0 Å². The van der Waals surface area contributed by atoms with E-state index in [4.69, 9.17) is 16.3 Å². The maximum Gasteiger partial charge on any atom is 0.240 e. The van der Waals surface area contributed by atoms with E-state index in [9.17, 15) is 9.18 Å². The van der Waals surface area contributed by atoms with Crippen molar-refractivity contribution in [3.8, 4) is 0 Å². The van der Waals surface area contributed by atoms with Gasteiger partial charge in [0.2, 0.25) is 5.91 Å². The number of benzene rings is 1. The van der Waals surface area contributed by atoms with Crippen LogP contribution in [-0.2, 0) is 16.1 Å². The van der Waals surface area contributed by atoms with Crippen molar-refractivity contribution >= 4 is 17.5 Å². The molecule has 1 unspecified atom stereocenters. The van der Waals surface area contributed by atoms with Crippen LogP contribution in [0.1, 0.15) is 24.8 Å². The zero-order valence-electron chi connectivity index (χ0n) is 13.3. The Bertz CT molecular complexity index is 557. The predicted molar refractivity (Wildman–Crippen MR) is 86.8 cm³/mol. The van der Waals surface area contributed by atoms with Crippen LogP contribution in [0.15, 0.2) is 18.2 Å². The van der Waals surface area contributed by atoms with Crippen LogP contribution in [0.5, 0.6) is 0 Å². The molecule has 4 nitrogen and oxygen atoms in total. The number of halogens is 2. The van der Waals surface area contributed by atoms with Crippen molar-refractivity contribution in [1.29, 1.82) is 0 Å². The fourth-order valence-corrected chi connectivity index (χ4v) is 3.72. The van der Waals surface area contributed by atoms with Gasteiger partial charge in [-0.05, 0) is 38.4 Å². The lowest BCUT2D eigenvalue weighted by molar-refractivity contribution is -0.135. The Morgan fingerprint density at radius 2 is 2.09 bits per heavy atom. The van der Waals surface area contributed by atoms with Gasteiger partial charge in [-0.2, -0.15) is 0 Å². The summed E-state index contributed by atoms with van der Waals surface area (Å²) in [5.74, 6) is -0.178. The Kier molecular flexibility index (Phi) is 5.19. The number of amides is 1. The summed E-state index contributed by atoms with van der Waals surface area (Å²) in [5.41, 5.74) is 0.453. The van der Waals surface area contributed by atoms with Gasteiger partial charge in [0.25, 0.3) is 0 Å². The van der Waals surface area contributed by atoms with Gasteiger partial charge in [0.05, 0.1) is 6.04 Å². The lowest BCUT2D eigenvalue weighted by atomic mass is 10.1. The van der Waals surface area contributed by atoms with E-state index in [1.807, 2.05) is 16.8 Å². The number of nitrogens with zero attached hydrogens (tertiary/aromatic N) is 2. The lowest BCUT2D eigenvalue weighted by Crippen LogP contribution is -2.45. The summed E-state index contributed by atoms with van der Waals surface area (Å²) in [5, 5.41) is 0.406. The SMILES string of the molecule is CN(Cc1c(F)cccc1Cl)C1CCN(C2CCOCC2)C1=O. The fourth-order valence-electron chi connectivity index (χ4n) is 3.50. The molecule has 2 aliphatic rings. The predicted octanol–water partition coefficient (Wildman–Crippen LogP) is 2.69. The maximum absolute atomic E-state index is 13.9. The van der Waals surface area contributed by atoms with Gasteiger partial charge in [-0.3, -0.25) is 9.69 Å². The minimum absolute atomic E-state index is 0.145. The molecule has 2 aliphatic heterocycles. The van der Waals surface area contributed by atoms with E-state index in [1.165, 1.54) is 6.07 Å². The highest BCUT2D eigenvalue weighted by atomic mass is 35.5. The summed E-state index contributed by atoms with van der Waals surface area (Å²) < 4.78 is 19.3. The zero-order valence-corrected chi connectivity index (χ0v) is 14.1. The van der Waals surface area contributed by atoms with Gasteiger partial charge < -0.3 is 9.64 Å². The molecule has 3 rings (SSSR count). The average Bonchev–Trinajstić information content (AvgIpc) is 2.93.